The highest BCUT2D eigenvalue weighted by Crippen LogP contribution is 2.42. The summed E-state index contributed by atoms with van der Waals surface area (Å²) in [5.41, 5.74) is 0.0921. The van der Waals surface area contributed by atoms with Crippen molar-refractivity contribution in [3.05, 3.63) is 87.2 Å². The predicted octanol–water partition coefficient (Wildman–Crippen LogP) is 4.30. The van der Waals surface area contributed by atoms with Crippen LogP contribution in [0.2, 0.25) is 0 Å². The van der Waals surface area contributed by atoms with E-state index in [9.17, 15) is 24.8 Å². The zero-order valence-electron chi connectivity index (χ0n) is 18.6. The summed E-state index contributed by atoms with van der Waals surface area (Å²) < 4.78 is 10.7. The van der Waals surface area contributed by atoms with Crippen molar-refractivity contribution in [1.82, 2.24) is 5.16 Å². The van der Waals surface area contributed by atoms with Crippen LogP contribution in [0.5, 0.6) is 5.75 Å². The van der Waals surface area contributed by atoms with Crippen LogP contribution in [0.15, 0.2) is 64.7 Å². The van der Waals surface area contributed by atoms with Gasteiger partial charge in [0.25, 0.3) is 11.5 Å². The highest BCUT2D eigenvalue weighted by atomic mass is 16.6. The minimum atomic E-state index is -1.16. The van der Waals surface area contributed by atoms with Crippen LogP contribution in [0.3, 0.4) is 0 Å². The first-order valence-corrected chi connectivity index (χ1v) is 10.4. The molecule has 34 heavy (non-hydrogen) atoms. The molecule has 1 aliphatic rings. The van der Waals surface area contributed by atoms with E-state index < -0.39 is 28.4 Å². The van der Waals surface area contributed by atoms with Crippen molar-refractivity contribution in [2.75, 3.05) is 4.90 Å². The molecule has 1 saturated heterocycles. The van der Waals surface area contributed by atoms with Gasteiger partial charge in [0.1, 0.15) is 17.3 Å². The van der Waals surface area contributed by atoms with Crippen LogP contribution >= 0.6 is 0 Å². The molecular formula is C24H21N3O7. The third kappa shape index (κ3) is 4.13. The summed E-state index contributed by atoms with van der Waals surface area (Å²) in [5.74, 6) is -1.29. The van der Waals surface area contributed by atoms with E-state index in [-0.39, 0.29) is 34.3 Å². The number of ketones is 1. The molecule has 4 rings (SSSR count). The standard InChI is InChI=1S/C24H21N3O7/c1-13(2)33-18-9-7-15(8-10-18)22(28)20-21(16-5-4-6-17(12-16)27(31)32)26(24(30)23(20)29)19-11-14(3)34-25-19/h4-13,21,28H,1-3H3/t21-/m0/s1. The number of nitrogens with zero attached hydrogens (tertiary/aromatic N) is 3. The normalized spacial score (nSPS) is 17.4. The van der Waals surface area contributed by atoms with E-state index in [1.54, 1.807) is 31.2 Å². The van der Waals surface area contributed by atoms with Crippen molar-refractivity contribution >= 4 is 29.0 Å². The fourth-order valence-electron chi connectivity index (χ4n) is 3.78. The smallest absolute Gasteiger partial charge is 0.301 e. The second-order valence-electron chi connectivity index (χ2n) is 8.01. The van der Waals surface area contributed by atoms with Gasteiger partial charge in [-0.1, -0.05) is 17.3 Å². The Morgan fingerprint density at radius 3 is 2.47 bits per heavy atom. The van der Waals surface area contributed by atoms with Gasteiger partial charge in [0, 0.05) is 23.8 Å². The summed E-state index contributed by atoms with van der Waals surface area (Å²) in [6.45, 7) is 5.37. The number of hydrogen-bond donors (Lipinski definition) is 1. The summed E-state index contributed by atoms with van der Waals surface area (Å²) in [5, 5.41) is 26.3. The third-order valence-corrected chi connectivity index (χ3v) is 5.20. The molecule has 0 unspecified atom stereocenters. The van der Waals surface area contributed by atoms with Gasteiger partial charge in [0.05, 0.1) is 22.6 Å². The Hall–Kier alpha value is -4.47. The number of benzene rings is 2. The molecule has 1 N–H and O–H groups in total. The first-order chi connectivity index (χ1) is 16.2. The number of amides is 1. The van der Waals surface area contributed by atoms with E-state index in [4.69, 9.17) is 9.26 Å². The molecule has 2 aromatic carbocycles. The zero-order chi connectivity index (χ0) is 24.6. The van der Waals surface area contributed by atoms with Gasteiger partial charge in [-0.2, -0.15) is 0 Å². The lowest BCUT2D eigenvalue weighted by atomic mass is 9.95. The maximum absolute atomic E-state index is 13.1. The molecule has 1 aromatic heterocycles. The van der Waals surface area contributed by atoms with Crippen molar-refractivity contribution in [2.45, 2.75) is 32.9 Å². The van der Waals surface area contributed by atoms with Crippen molar-refractivity contribution in [1.29, 1.82) is 0 Å². The van der Waals surface area contributed by atoms with Crippen molar-refractivity contribution in [2.24, 2.45) is 0 Å². The molecule has 0 spiro atoms. The highest BCUT2D eigenvalue weighted by molar-refractivity contribution is 6.51. The molecule has 1 aliphatic heterocycles. The van der Waals surface area contributed by atoms with E-state index in [1.807, 2.05) is 13.8 Å². The van der Waals surface area contributed by atoms with Gasteiger partial charge in [0.2, 0.25) is 0 Å². The maximum Gasteiger partial charge on any atom is 0.301 e. The maximum atomic E-state index is 13.1. The molecule has 0 aliphatic carbocycles. The molecule has 0 radical (unpaired) electrons. The largest absolute Gasteiger partial charge is 0.507 e. The quantitative estimate of drug-likeness (QED) is 0.188. The van der Waals surface area contributed by atoms with E-state index in [0.29, 0.717) is 11.5 Å². The Bertz CT molecular complexity index is 1310. The lowest BCUT2D eigenvalue weighted by Crippen LogP contribution is -2.29. The summed E-state index contributed by atoms with van der Waals surface area (Å²) in [7, 11) is 0. The van der Waals surface area contributed by atoms with E-state index in [1.165, 1.54) is 30.3 Å². The van der Waals surface area contributed by atoms with Crippen LogP contribution in [-0.2, 0) is 9.59 Å². The lowest BCUT2D eigenvalue weighted by molar-refractivity contribution is -0.384. The summed E-state index contributed by atoms with van der Waals surface area (Å²) in [6.07, 6.45) is -0.0513. The monoisotopic (exact) mass is 463 g/mol. The minimum Gasteiger partial charge on any atom is -0.507 e. The first kappa shape index (κ1) is 22.7. The number of nitro groups is 1. The summed E-state index contributed by atoms with van der Waals surface area (Å²) >= 11 is 0. The molecule has 0 bridgehead atoms. The SMILES string of the molecule is Cc1cc(N2C(=O)C(=O)C(=C(O)c3ccc(OC(C)C)cc3)[C@@H]2c2cccc([N+](=O)[O-])c2)no1. The van der Waals surface area contributed by atoms with Crippen LogP contribution in [0.4, 0.5) is 11.5 Å². The number of carbonyl (C=O) groups is 2. The van der Waals surface area contributed by atoms with Gasteiger partial charge < -0.3 is 14.4 Å². The number of aliphatic hydroxyl groups is 1. The van der Waals surface area contributed by atoms with Crippen LogP contribution in [0.1, 0.15) is 36.8 Å². The Labute approximate surface area is 194 Å². The highest BCUT2D eigenvalue weighted by Gasteiger charge is 2.48. The van der Waals surface area contributed by atoms with E-state index in [0.717, 1.165) is 4.90 Å². The molecule has 0 saturated carbocycles. The first-order valence-electron chi connectivity index (χ1n) is 10.4. The van der Waals surface area contributed by atoms with Gasteiger partial charge in [-0.15, -0.1) is 0 Å². The number of non-ortho nitro benzene ring substituents is 1. The fraction of sp³-hybridized carbons (Fsp3) is 0.208. The zero-order valence-corrected chi connectivity index (χ0v) is 18.6. The number of aryl methyl sites for hydroxylation is 1. The molecule has 1 atom stereocenters. The predicted molar refractivity (Wildman–Crippen MR) is 121 cm³/mol. The molecule has 10 nitrogen and oxygen atoms in total. The number of hydrogen-bond acceptors (Lipinski definition) is 8. The van der Waals surface area contributed by atoms with Gasteiger partial charge in [-0.25, -0.2) is 0 Å². The van der Waals surface area contributed by atoms with Gasteiger partial charge in [0.15, 0.2) is 5.82 Å². The fourth-order valence-corrected chi connectivity index (χ4v) is 3.78. The average molecular weight is 463 g/mol. The Kier molecular flexibility index (Phi) is 5.89. The Morgan fingerprint density at radius 1 is 1.18 bits per heavy atom. The number of nitro benzene ring substituents is 1. The number of carbonyl (C=O) groups excluding carboxylic acids is 2. The minimum absolute atomic E-state index is 0.0513. The van der Waals surface area contributed by atoms with Crippen molar-refractivity contribution < 1.29 is 28.9 Å². The molecule has 1 amide bonds. The second-order valence-corrected chi connectivity index (χ2v) is 8.01. The van der Waals surface area contributed by atoms with E-state index >= 15 is 0 Å². The van der Waals surface area contributed by atoms with Gasteiger partial charge in [-0.05, 0) is 50.6 Å². The Balaban J connectivity index is 1.88. The van der Waals surface area contributed by atoms with Crippen LogP contribution in [0, 0.1) is 17.0 Å². The molecule has 1 fully saturated rings. The number of Topliss-reactive ketones (excluding diaryl/α,β-unsaturated/α-hetero) is 1. The Morgan fingerprint density at radius 2 is 1.88 bits per heavy atom. The van der Waals surface area contributed by atoms with Crippen molar-refractivity contribution in [3.8, 4) is 5.75 Å². The molecule has 174 valence electrons. The molecule has 2 heterocycles. The number of anilines is 1. The third-order valence-electron chi connectivity index (χ3n) is 5.20. The van der Waals surface area contributed by atoms with Gasteiger partial charge in [-0.3, -0.25) is 24.6 Å². The van der Waals surface area contributed by atoms with Crippen LogP contribution < -0.4 is 9.64 Å². The number of aliphatic hydroxyl groups excluding tert-OH is 1. The number of aromatic nitrogens is 1. The van der Waals surface area contributed by atoms with Crippen LogP contribution in [0.25, 0.3) is 5.76 Å². The summed E-state index contributed by atoms with van der Waals surface area (Å²) in [6, 6.07) is 12.2. The molecular weight excluding hydrogens is 442 g/mol. The number of rotatable bonds is 6. The van der Waals surface area contributed by atoms with Crippen molar-refractivity contribution in [3.63, 3.8) is 0 Å². The van der Waals surface area contributed by atoms with Crippen LogP contribution in [-0.4, -0.2) is 33.0 Å². The average Bonchev–Trinajstić information content (AvgIpc) is 3.34. The lowest BCUT2D eigenvalue weighted by Gasteiger charge is -2.22. The number of ether oxygens (including phenoxy) is 1. The topological polar surface area (TPSA) is 136 Å². The second kappa shape index (κ2) is 8.81. The summed E-state index contributed by atoms with van der Waals surface area (Å²) in [4.78, 5) is 38.0. The molecule has 10 heteroatoms. The van der Waals surface area contributed by atoms with Gasteiger partial charge >= 0.3 is 5.91 Å². The van der Waals surface area contributed by atoms with E-state index in [2.05, 4.69) is 5.16 Å². The molecule has 3 aromatic rings.